The van der Waals surface area contributed by atoms with Crippen molar-refractivity contribution in [2.45, 2.75) is 199 Å². The minimum absolute atomic E-state index is 0.190. The summed E-state index contributed by atoms with van der Waals surface area (Å²) in [4.78, 5) is 23.6. The van der Waals surface area contributed by atoms with Gasteiger partial charge in [-0.1, -0.05) is 84.6 Å². The average molecular weight is 585 g/mol. The minimum Gasteiger partial charge on any atom is -0.455 e. The molecular weight excluding hydrogens is 520 g/mol. The van der Waals surface area contributed by atoms with Gasteiger partial charge in [0.25, 0.3) is 0 Å². The van der Waals surface area contributed by atoms with Gasteiger partial charge in [-0.15, -0.1) is 0 Å². The molecule has 0 amide bonds. The number of Topliss-reactive ketones (excluding diaryl/α,β-unsaturated/α-hetero) is 1. The fourth-order valence-electron chi connectivity index (χ4n) is 10.6. The number of hydrogen-bond donors (Lipinski definition) is 1. The highest BCUT2D eigenvalue weighted by atomic mass is 16.6. The number of carbonyl (C=O) groups is 2. The summed E-state index contributed by atoms with van der Waals surface area (Å²) >= 11 is 0. The van der Waals surface area contributed by atoms with Gasteiger partial charge in [-0.25, -0.2) is 4.79 Å². The highest BCUT2D eigenvalue weighted by molar-refractivity contribution is 5.87. The predicted molar refractivity (Wildman–Crippen MR) is 172 cm³/mol. The Balaban J connectivity index is 0.000000150. The SMILES string of the molecule is C=C(C)C(=O)OC1(CC)CCCCC12CCCC2.CCC1(O)CCCCC12CCCC2.O=C1CCCCC12CCCC2. The quantitative estimate of drug-likeness (QED) is 0.264. The molecule has 6 rings (SSSR count). The van der Waals surface area contributed by atoms with E-state index in [0.717, 1.165) is 38.5 Å². The second-order valence-electron chi connectivity index (χ2n) is 15.4. The molecule has 0 aromatic heterocycles. The summed E-state index contributed by atoms with van der Waals surface area (Å²) in [6.07, 6.45) is 31.5. The summed E-state index contributed by atoms with van der Waals surface area (Å²) in [7, 11) is 0. The molecule has 3 spiro atoms. The lowest BCUT2D eigenvalue weighted by molar-refractivity contribution is -0.183. The summed E-state index contributed by atoms with van der Waals surface area (Å²) in [5, 5.41) is 10.6. The normalized spacial score (nSPS) is 32.6. The van der Waals surface area contributed by atoms with Crippen LogP contribution in [-0.4, -0.2) is 28.1 Å². The second-order valence-corrected chi connectivity index (χ2v) is 15.4. The Labute approximate surface area is 258 Å². The zero-order valence-corrected chi connectivity index (χ0v) is 27.8. The smallest absolute Gasteiger partial charge is 0.333 e. The van der Waals surface area contributed by atoms with E-state index in [0.29, 0.717) is 16.8 Å². The van der Waals surface area contributed by atoms with E-state index in [1.165, 1.54) is 128 Å². The van der Waals surface area contributed by atoms with Crippen LogP contribution in [0.5, 0.6) is 0 Å². The van der Waals surface area contributed by atoms with Crippen molar-refractivity contribution >= 4 is 11.8 Å². The summed E-state index contributed by atoms with van der Waals surface area (Å²) in [5.74, 6) is 0.395. The van der Waals surface area contributed by atoms with Crippen molar-refractivity contribution in [2.75, 3.05) is 0 Å². The first-order valence-corrected chi connectivity index (χ1v) is 18.3. The summed E-state index contributed by atoms with van der Waals surface area (Å²) < 4.78 is 5.99. The monoisotopic (exact) mass is 584 g/mol. The van der Waals surface area contributed by atoms with Crippen molar-refractivity contribution in [2.24, 2.45) is 16.2 Å². The molecule has 6 aliphatic rings. The van der Waals surface area contributed by atoms with E-state index in [1.54, 1.807) is 6.92 Å². The van der Waals surface area contributed by atoms with Gasteiger partial charge in [0.05, 0.1) is 5.60 Å². The first kappa shape index (κ1) is 33.7. The molecule has 4 heteroatoms. The van der Waals surface area contributed by atoms with Crippen LogP contribution in [0.1, 0.15) is 188 Å². The number of carbonyl (C=O) groups excluding carboxylic acids is 2. The largest absolute Gasteiger partial charge is 0.455 e. The molecule has 6 aliphatic carbocycles. The van der Waals surface area contributed by atoms with Gasteiger partial charge < -0.3 is 9.84 Å². The summed E-state index contributed by atoms with van der Waals surface area (Å²) in [6, 6.07) is 0. The van der Waals surface area contributed by atoms with Crippen molar-refractivity contribution in [1.82, 2.24) is 0 Å². The van der Waals surface area contributed by atoms with Gasteiger partial charge >= 0.3 is 5.97 Å². The third kappa shape index (κ3) is 6.74. The summed E-state index contributed by atoms with van der Waals surface area (Å²) in [6.45, 7) is 9.81. The van der Waals surface area contributed by atoms with Gasteiger partial charge in [0, 0.05) is 22.8 Å². The molecule has 0 heterocycles. The van der Waals surface area contributed by atoms with Gasteiger partial charge in [0.15, 0.2) is 0 Å². The van der Waals surface area contributed by atoms with Crippen LogP contribution in [0.3, 0.4) is 0 Å². The molecule has 240 valence electrons. The molecule has 6 fully saturated rings. The molecule has 0 radical (unpaired) electrons. The van der Waals surface area contributed by atoms with Crippen LogP contribution in [0.4, 0.5) is 0 Å². The molecular formula is C38H64O4. The Morgan fingerprint density at radius 1 is 0.667 bits per heavy atom. The van der Waals surface area contributed by atoms with Crippen LogP contribution in [-0.2, 0) is 14.3 Å². The molecule has 0 saturated heterocycles. The maximum atomic E-state index is 12.0. The van der Waals surface area contributed by atoms with Crippen LogP contribution < -0.4 is 0 Å². The maximum Gasteiger partial charge on any atom is 0.333 e. The van der Waals surface area contributed by atoms with Crippen LogP contribution in [0.2, 0.25) is 0 Å². The molecule has 1 N–H and O–H groups in total. The molecule has 6 saturated carbocycles. The number of aliphatic hydroxyl groups is 1. The van der Waals surface area contributed by atoms with E-state index < -0.39 is 0 Å². The lowest BCUT2D eigenvalue weighted by Gasteiger charge is -2.51. The number of ketones is 1. The minimum atomic E-state index is -0.304. The first-order valence-electron chi connectivity index (χ1n) is 18.3. The third-order valence-electron chi connectivity index (χ3n) is 13.3. The molecule has 2 atom stereocenters. The van der Waals surface area contributed by atoms with Crippen LogP contribution in [0.15, 0.2) is 12.2 Å². The maximum absolute atomic E-state index is 12.0. The van der Waals surface area contributed by atoms with Crippen LogP contribution >= 0.6 is 0 Å². The Morgan fingerprint density at radius 3 is 1.57 bits per heavy atom. The number of rotatable bonds is 4. The second kappa shape index (κ2) is 14.3. The first-order chi connectivity index (χ1) is 20.1. The van der Waals surface area contributed by atoms with Gasteiger partial charge in [0.2, 0.25) is 0 Å². The summed E-state index contributed by atoms with van der Waals surface area (Å²) in [5.41, 5.74) is 0.810. The lowest BCUT2D eigenvalue weighted by Crippen LogP contribution is -2.52. The Kier molecular flexibility index (Phi) is 11.5. The third-order valence-corrected chi connectivity index (χ3v) is 13.3. The Morgan fingerprint density at radius 2 is 1.10 bits per heavy atom. The van der Waals surface area contributed by atoms with Gasteiger partial charge in [-0.2, -0.15) is 0 Å². The predicted octanol–water partition coefficient (Wildman–Crippen LogP) is 10.3. The van der Waals surface area contributed by atoms with E-state index in [9.17, 15) is 14.7 Å². The van der Waals surface area contributed by atoms with Crippen molar-refractivity contribution < 1.29 is 19.4 Å². The lowest BCUT2D eigenvalue weighted by atomic mass is 9.60. The zero-order chi connectivity index (χ0) is 30.3. The van der Waals surface area contributed by atoms with Crippen molar-refractivity contribution in [3.63, 3.8) is 0 Å². The fraction of sp³-hybridized carbons (Fsp3) is 0.895. The Hall–Kier alpha value is -1.16. The van der Waals surface area contributed by atoms with Gasteiger partial charge in [0.1, 0.15) is 11.4 Å². The van der Waals surface area contributed by atoms with Crippen molar-refractivity contribution in [1.29, 1.82) is 0 Å². The van der Waals surface area contributed by atoms with E-state index >= 15 is 0 Å². The Bertz CT molecular complexity index is 917. The van der Waals surface area contributed by atoms with E-state index in [1.807, 2.05) is 0 Å². The average Bonchev–Trinajstić information content (AvgIpc) is 3.78. The molecule has 0 bridgehead atoms. The molecule has 0 aliphatic heterocycles. The fourth-order valence-corrected chi connectivity index (χ4v) is 10.6. The number of ether oxygens (including phenoxy) is 1. The van der Waals surface area contributed by atoms with Gasteiger partial charge in [-0.3, -0.25) is 4.79 Å². The van der Waals surface area contributed by atoms with Crippen LogP contribution in [0.25, 0.3) is 0 Å². The standard InChI is InChI=1S/C16H26O2.C12H22O.C10H16O/c1-4-16(18-14(17)13(2)3)12-8-7-11-15(16)9-5-6-10-15;1-2-12(13)10-6-5-9-11(12)7-3-4-8-11;11-9-5-1-2-6-10(9)7-3-4-8-10/h2,4-12H2,1,3H3;13H,2-10H2,1H3;1-8H2. The topological polar surface area (TPSA) is 63.6 Å². The van der Waals surface area contributed by atoms with Crippen molar-refractivity contribution in [3.05, 3.63) is 12.2 Å². The molecule has 0 aromatic rings. The van der Waals surface area contributed by atoms with Crippen molar-refractivity contribution in [3.8, 4) is 0 Å². The van der Waals surface area contributed by atoms with E-state index in [2.05, 4.69) is 20.4 Å². The van der Waals surface area contributed by atoms with Crippen LogP contribution in [0, 0.1) is 16.2 Å². The van der Waals surface area contributed by atoms with E-state index in [4.69, 9.17) is 4.74 Å². The molecule has 4 nitrogen and oxygen atoms in total. The number of hydrogen-bond acceptors (Lipinski definition) is 4. The molecule has 0 aromatic carbocycles. The molecule has 2 unspecified atom stereocenters. The highest BCUT2D eigenvalue weighted by Gasteiger charge is 2.55. The van der Waals surface area contributed by atoms with Gasteiger partial charge in [-0.05, 0) is 109 Å². The number of esters is 1. The van der Waals surface area contributed by atoms with E-state index in [-0.39, 0.29) is 28.0 Å². The highest BCUT2D eigenvalue weighted by Crippen LogP contribution is 2.58. The molecule has 42 heavy (non-hydrogen) atoms. The zero-order valence-electron chi connectivity index (χ0n) is 27.8.